The van der Waals surface area contributed by atoms with Gasteiger partial charge in [0.25, 0.3) is 0 Å². The number of hydrogen-bond acceptors (Lipinski definition) is 3. The number of hydrogen-bond donors (Lipinski definition) is 1. The normalized spacial score (nSPS) is 26.5. The van der Waals surface area contributed by atoms with Crippen LogP contribution >= 0.6 is 22.6 Å². The van der Waals surface area contributed by atoms with Crippen LogP contribution in [0, 0.1) is 9.49 Å². The highest BCUT2D eigenvalue weighted by Gasteiger charge is 2.22. The lowest BCUT2D eigenvalue weighted by atomic mass is 9.82. The van der Waals surface area contributed by atoms with Gasteiger partial charge in [-0.1, -0.05) is 19.8 Å². The molecule has 0 spiro atoms. The van der Waals surface area contributed by atoms with Crippen molar-refractivity contribution in [1.29, 1.82) is 0 Å². The molecule has 0 aromatic carbocycles. The molecule has 15 heavy (non-hydrogen) atoms. The molecule has 1 saturated carbocycles. The Morgan fingerprint density at radius 1 is 1.47 bits per heavy atom. The average molecular weight is 317 g/mol. The first-order valence-corrected chi connectivity index (χ1v) is 6.52. The zero-order valence-electron chi connectivity index (χ0n) is 8.91. The molecule has 1 aromatic rings. The molecule has 0 radical (unpaired) electrons. The van der Waals surface area contributed by atoms with Crippen molar-refractivity contribution in [3.05, 3.63) is 15.6 Å². The summed E-state index contributed by atoms with van der Waals surface area (Å²) in [6, 6.07) is 0. The van der Waals surface area contributed by atoms with Crippen LogP contribution < -0.4 is 5.73 Å². The maximum Gasteiger partial charge on any atom is 0.140 e. The molecule has 2 unspecified atom stereocenters. The highest BCUT2D eigenvalue weighted by atomic mass is 127. The van der Waals surface area contributed by atoms with Crippen LogP contribution in [0.5, 0.6) is 0 Å². The lowest BCUT2D eigenvalue weighted by Crippen LogP contribution is -2.15. The van der Waals surface area contributed by atoms with E-state index in [9.17, 15) is 0 Å². The van der Waals surface area contributed by atoms with Gasteiger partial charge in [0.1, 0.15) is 11.6 Å². The van der Waals surface area contributed by atoms with Gasteiger partial charge in [-0.15, -0.1) is 0 Å². The Kier molecular flexibility index (Phi) is 3.43. The highest BCUT2D eigenvalue weighted by molar-refractivity contribution is 14.1. The summed E-state index contributed by atoms with van der Waals surface area (Å²) < 4.78 is 0.945. The fraction of sp³-hybridized carbons (Fsp3) is 0.636. The molecule has 3 nitrogen and oxygen atoms in total. The molecule has 1 aliphatic rings. The number of nitrogens with zero attached hydrogens (tertiary/aromatic N) is 2. The fourth-order valence-electron chi connectivity index (χ4n) is 2.26. The SMILES string of the molecule is CC1CCCC(c2ncc(I)c(N)n2)C1. The van der Waals surface area contributed by atoms with E-state index in [1.165, 1.54) is 25.7 Å². The Labute approximate surface area is 104 Å². The second-order valence-corrected chi connectivity index (χ2v) is 5.59. The van der Waals surface area contributed by atoms with Gasteiger partial charge in [0.2, 0.25) is 0 Å². The van der Waals surface area contributed by atoms with Gasteiger partial charge in [0.05, 0.1) is 3.57 Å². The molecule has 0 amide bonds. The van der Waals surface area contributed by atoms with Crippen molar-refractivity contribution in [3.8, 4) is 0 Å². The fourth-order valence-corrected chi connectivity index (χ4v) is 2.52. The van der Waals surface area contributed by atoms with Crippen molar-refractivity contribution in [2.45, 2.75) is 38.5 Å². The molecule has 1 aliphatic carbocycles. The molecule has 1 aromatic heterocycles. The van der Waals surface area contributed by atoms with Crippen LogP contribution in [0.25, 0.3) is 0 Å². The van der Waals surface area contributed by atoms with Gasteiger partial charge in [0.15, 0.2) is 0 Å². The topological polar surface area (TPSA) is 51.8 Å². The summed E-state index contributed by atoms with van der Waals surface area (Å²) in [6.45, 7) is 2.31. The molecule has 0 saturated heterocycles. The highest BCUT2D eigenvalue weighted by Crippen LogP contribution is 2.34. The summed E-state index contributed by atoms with van der Waals surface area (Å²) in [4.78, 5) is 8.79. The van der Waals surface area contributed by atoms with E-state index in [-0.39, 0.29) is 0 Å². The Balaban J connectivity index is 2.18. The van der Waals surface area contributed by atoms with Crippen LogP contribution in [-0.4, -0.2) is 9.97 Å². The third-order valence-corrected chi connectivity index (χ3v) is 3.92. The summed E-state index contributed by atoms with van der Waals surface area (Å²) in [5.74, 6) is 2.89. The number of rotatable bonds is 1. The van der Waals surface area contributed by atoms with Gasteiger partial charge in [-0.25, -0.2) is 9.97 Å². The average Bonchev–Trinajstić information content (AvgIpc) is 2.22. The summed E-state index contributed by atoms with van der Waals surface area (Å²) in [5, 5.41) is 0. The Bertz CT molecular complexity index is 354. The number of aromatic nitrogens is 2. The van der Waals surface area contributed by atoms with Crippen LogP contribution in [0.2, 0.25) is 0 Å². The molecule has 0 aliphatic heterocycles. The Hall–Kier alpha value is -0.390. The van der Waals surface area contributed by atoms with Crippen LogP contribution in [0.4, 0.5) is 5.82 Å². The third-order valence-electron chi connectivity index (χ3n) is 3.09. The smallest absolute Gasteiger partial charge is 0.140 e. The predicted molar refractivity (Wildman–Crippen MR) is 69.5 cm³/mol. The first-order valence-electron chi connectivity index (χ1n) is 5.44. The van der Waals surface area contributed by atoms with E-state index in [1.54, 1.807) is 0 Å². The maximum absolute atomic E-state index is 5.80. The van der Waals surface area contributed by atoms with Crippen molar-refractivity contribution in [2.24, 2.45) is 5.92 Å². The monoisotopic (exact) mass is 317 g/mol. The van der Waals surface area contributed by atoms with E-state index >= 15 is 0 Å². The van der Waals surface area contributed by atoms with Gasteiger partial charge >= 0.3 is 0 Å². The molecule has 4 heteroatoms. The van der Waals surface area contributed by atoms with Gasteiger partial charge in [0, 0.05) is 12.1 Å². The second kappa shape index (κ2) is 4.63. The van der Waals surface area contributed by atoms with E-state index in [0.717, 1.165) is 15.3 Å². The van der Waals surface area contributed by atoms with Gasteiger partial charge in [-0.2, -0.15) is 0 Å². The number of anilines is 1. The van der Waals surface area contributed by atoms with Crippen molar-refractivity contribution >= 4 is 28.4 Å². The van der Waals surface area contributed by atoms with Crippen LogP contribution in [0.3, 0.4) is 0 Å². The minimum atomic E-state index is 0.521. The van der Waals surface area contributed by atoms with E-state index in [2.05, 4.69) is 39.5 Å². The molecule has 1 heterocycles. The molecule has 2 N–H and O–H groups in total. The first-order chi connectivity index (χ1) is 7.16. The van der Waals surface area contributed by atoms with Crippen molar-refractivity contribution in [3.63, 3.8) is 0 Å². The van der Waals surface area contributed by atoms with Crippen LogP contribution in [0.15, 0.2) is 6.20 Å². The standard InChI is InChI=1S/C11H16IN3/c1-7-3-2-4-8(5-7)11-14-6-9(12)10(13)15-11/h6-8H,2-5H2,1H3,(H2,13,14,15). The number of halogens is 1. The van der Waals surface area contributed by atoms with Gasteiger partial charge in [-0.05, 0) is 41.4 Å². The molecule has 2 atom stereocenters. The first kappa shape index (κ1) is 11.1. The Morgan fingerprint density at radius 3 is 2.93 bits per heavy atom. The molecule has 1 fully saturated rings. The maximum atomic E-state index is 5.80. The van der Waals surface area contributed by atoms with Crippen molar-refractivity contribution < 1.29 is 0 Å². The minimum absolute atomic E-state index is 0.521. The minimum Gasteiger partial charge on any atom is -0.383 e. The van der Waals surface area contributed by atoms with Gasteiger partial charge < -0.3 is 5.73 Å². The predicted octanol–water partition coefficient (Wildman–Crippen LogP) is 2.96. The molecule has 0 bridgehead atoms. The zero-order valence-corrected chi connectivity index (χ0v) is 11.1. The van der Waals surface area contributed by atoms with Gasteiger partial charge in [-0.3, -0.25) is 0 Å². The van der Waals surface area contributed by atoms with Crippen LogP contribution in [-0.2, 0) is 0 Å². The Morgan fingerprint density at radius 2 is 2.27 bits per heavy atom. The van der Waals surface area contributed by atoms with Crippen molar-refractivity contribution in [1.82, 2.24) is 9.97 Å². The van der Waals surface area contributed by atoms with E-state index in [1.807, 2.05) is 6.20 Å². The summed E-state index contributed by atoms with van der Waals surface area (Å²) in [6.07, 6.45) is 6.89. The summed E-state index contributed by atoms with van der Waals surface area (Å²) in [7, 11) is 0. The molecule has 2 rings (SSSR count). The second-order valence-electron chi connectivity index (χ2n) is 4.43. The van der Waals surface area contributed by atoms with E-state index in [0.29, 0.717) is 11.7 Å². The summed E-state index contributed by atoms with van der Waals surface area (Å²) >= 11 is 2.17. The lowest BCUT2D eigenvalue weighted by molar-refractivity contribution is 0.335. The molecule has 82 valence electrons. The largest absolute Gasteiger partial charge is 0.383 e. The summed E-state index contributed by atoms with van der Waals surface area (Å²) in [5.41, 5.74) is 5.80. The number of nitrogens with two attached hydrogens (primary N) is 1. The van der Waals surface area contributed by atoms with Crippen molar-refractivity contribution in [2.75, 3.05) is 5.73 Å². The van der Waals surface area contributed by atoms with Crippen LogP contribution in [0.1, 0.15) is 44.3 Å². The number of nitrogen functional groups attached to an aromatic ring is 1. The zero-order chi connectivity index (χ0) is 10.8. The quantitative estimate of drug-likeness (QED) is 0.810. The third kappa shape index (κ3) is 2.59. The van der Waals surface area contributed by atoms with E-state index in [4.69, 9.17) is 5.73 Å². The molecular formula is C11H16IN3. The molecular weight excluding hydrogens is 301 g/mol. The van der Waals surface area contributed by atoms with E-state index < -0.39 is 0 Å². The lowest BCUT2D eigenvalue weighted by Gasteiger charge is -2.25.